The molecule has 3 nitrogen and oxygen atoms in total. The zero-order valence-corrected chi connectivity index (χ0v) is 9.22. The van der Waals surface area contributed by atoms with Crippen molar-refractivity contribution in [3.05, 3.63) is 0 Å². The Hall–Kier alpha value is -0.570. The SMILES string of the molecule is CC1CN(C(C)C)C(=O)C(C)(C)N1. The summed E-state index contributed by atoms with van der Waals surface area (Å²) in [5.74, 6) is 0.209. The molecule has 0 radical (unpaired) electrons. The lowest BCUT2D eigenvalue weighted by Crippen LogP contribution is -2.65. The van der Waals surface area contributed by atoms with Gasteiger partial charge in [0.2, 0.25) is 5.91 Å². The van der Waals surface area contributed by atoms with Crippen molar-refractivity contribution in [3.8, 4) is 0 Å². The Kier molecular flexibility index (Phi) is 2.66. The predicted octanol–water partition coefficient (Wildman–Crippen LogP) is 0.994. The minimum absolute atomic E-state index is 0.209. The molecule has 0 aromatic heterocycles. The molecule has 3 heteroatoms. The zero-order valence-electron chi connectivity index (χ0n) is 9.22. The maximum absolute atomic E-state index is 11.9. The number of carbonyl (C=O) groups excluding carboxylic acids is 1. The first-order chi connectivity index (χ1) is 5.84. The molecule has 1 fully saturated rings. The largest absolute Gasteiger partial charge is 0.337 e. The number of hydrogen-bond donors (Lipinski definition) is 1. The number of hydrogen-bond acceptors (Lipinski definition) is 2. The monoisotopic (exact) mass is 184 g/mol. The van der Waals surface area contributed by atoms with Crippen LogP contribution >= 0.6 is 0 Å². The Bertz CT molecular complexity index is 211. The molecule has 1 aliphatic heterocycles. The highest BCUT2D eigenvalue weighted by Gasteiger charge is 2.38. The summed E-state index contributed by atoms with van der Waals surface area (Å²) in [6, 6.07) is 0.687. The second kappa shape index (κ2) is 3.29. The molecule has 0 spiro atoms. The molecule has 0 aliphatic carbocycles. The van der Waals surface area contributed by atoms with Gasteiger partial charge < -0.3 is 4.90 Å². The molecule has 1 amide bonds. The second-order valence-corrected chi connectivity index (χ2v) is 4.72. The van der Waals surface area contributed by atoms with Gasteiger partial charge in [-0.1, -0.05) is 0 Å². The van der Waals surface area contributed by atoms with Crippen LogP contribution in [0.4, 0.5) is 0 Å². The van der Waals surface area contributed by atoms with Crippen molar-refractivity contribution in [2.45, 2.75) is 52.2 Å². The summed E-state index contributed by atoms with van der Waals surface area (Å²) in [6.07, 6.45) is 0. The maximum atomic E-state index is 11.9. The topological polar surface area (TPSA) is 32.3 Å². The van der Waals surface area contributed by atoms with Crippen LogP contribution in [-0.4, -0.2) is 35.0 Å². The van der Waals surface area contributed by atoms with Gasteiger partial charge in [0, 0.05) is 18.6 Å². The fourth-order valence-corrected chi connectivity index (χ4v) is 1.91. The van der Waals surface area contributed by atoms with Gasteiger partial charge >= 0.3 is 0 Å². The van der Waals surface area contributed by atoms with Gasteiger partial charge in [-0.3, -0.25) is 10.1 Å². The van der Waals surface area contributed by atoms with E-state index in [0.717, 1.165) is 6.54 Å². The van der Waals surface area contributed by atoms with Gasteiger partial charge in [-0.2, -0.15) is 0 Å². The van der Waals surface area contributed by atoms with Crippen molar-refractivity contribution >= 4 is 5.91 Å². The second-order valence-electron chi connectivity index (χ2n) is 4.72. The fraction of sp³-hybridized carbons (Fsp3) is 0.900. The molecule has 1 saturated heterocycles. The number of nitrogens with zero attached hydrogens (tertiary/aromatic N) is 1. The molecule has 0 aromatic carbocycles. The first-order valence-electron chi connectivity index (χ1n) is 4.93. The Morgan fingerprint density at radius 3 is 2.54 bits per heavy atom. The molecule has 1 unspecified atom stereocenters. The summed E-state index contributed by atoms with van der Waals surface area (Å²) >= 11 is 0. The third-order valence-corrected chi connectivity index (χ3v) is 2.50. The van der Waals surface area contributed by atoms with Crippen molar-refractivity contribution in [1.29, 1.82) is 0 Å². The minimum Gasteiger partial charge on any atom is -0.337 e. The normalized spacial score (nSPS) is 28.3. The first kappa shape index (κ1) is 10.5. The van der Waals surface area contributed by atoms with E-state index in [4.69, 9.17) is 0 Å². The van der Waals surface area contributed by atoms with Gasteiger partial charge in [0.25, 0.3) is 0 Å². The molecular weight excluding hydrogens is 164 g/mol. The smallest absolute Gasteiger partial charge is 0.242 e. The number of piperazine rings is 1. The Morgan fingerprint density at radius 1 is 1.54 bits per heavy atom. The van der Waals surface area contributed by atoms with E-state index in [9.17, 15) is 4.79 Å². The van der Waals surface area contributed by atoms with Gasteiger partial charge in [-0.15, -0.1) is 0 Å². The van der Waals surface area contributed by atoms with Crippen molar-refractivity contribution in [1.82, 2.24) is 10.2 Å². The van der Waals surface area contributed by atoms with Crippen LogP contribution in [0.2, 0.25) is 0 Å². The van der Waals surface area contributed by atoms with Crippen LogP contribution in [0.1, 0.15) is 34.6 Å². The van der Waals surface area contributed by atoms with E-state index < -0.39 is 5.54 Å². The molecule has 1 atom stereocenters. The van der Waals surface area contributed by atoms with E-state index in [2.05, 4.69) is 26.1 Å². The molecule has 0 aromatic rings. The molecule has 1 N–H and O–H groups in total. The van der Waals surface area contributed by atoms with Crippen molar-refractivity contribution < 1.29 is 4.79 Å². The average molecular weight is 184 g/mol. The molecule has 0 saturated carbocycles. The Morgan fingerprint density at radius 2 is 2.08 bits per heavy atom. The number of amides is 1. The predicted molar refractivity (Wildman–Crippen MR) is 53.5 cm³/mol. The molecule has 1 aliphatic rings. The van der Waals surface area contributed by atoms with Crippen molar-refractivity contribution in [3.63, 3.8) is 0 Å². The van der Waals surface area contributed by atoms with E-state index >= 15 is 0 Å². The van der Waals surface area contributed by atoms with Crippen LogP contribution in [-0.2, 0) is 4.79 Å². The average Bonchev–Trinajstić information content (AvgIpc) is 1.95. The quantitative estimate of drug-likeness (QED) is 0.659. The van der Waals surface area contributed by atoms with Gasteiger partial charge in [0.15, 0.2) is 0 Å². The summed E-state index contributed by atoms with van der Waals surface area (Å²) < 4.78 is 0. The molecule has 13 heavy (non-hydrogen) atoms. The van der Waals surface area contributed by atoms with E-state index in [1.54, 1.807) is 0 Å². The van der Waals surface area contributed by atoms with Gasteiger partial charge in [-0.05, 0) is 34.6 Å². The third-order valence-electron chi connectivity index (χ3n) is 2.50. The van der Waals surface area contributed by atoms with Crippen LogP contribution in [0.3, 0.4) is 0 Å². The van der Waals surface area contributed by atoms with E-state index in [0.29, 0.717) is 12.1 Å². The highest BCUT2D eigenvalue weighted by Crippen LogP contribution is 2.17. The summed E-state index contributed by atoms with van der Waals surface area (Å²) in [6.45, 7) is 10.9. The zero-order chi connectivity index (χ0) is 10.2. The summed E-state index contributed by atoms with van der Waals surface area (Å²) in [5.41, 5.74) is -0.401. The van der Waals surface area contributed by atoms with Crippen LogP contribution in [0, 0.1) is 0 Å². The highest BCUT2D eigenvalue weighted by molar-refractivity contribution is 5.86. The lowest BCUT2D eigenvalue weighted by molar-refractivity contribution is -0.143. The van der Waals surface area contributed by atoms with Gasteiger partial charge in [0.05, 0.1) is 5.54 Å². The van der Waals surface area contributed by atoms with Crippen LogP contribution in [0.15, 0.2) is 0 Å². The van der Waals surface area contributed by atoms with Crippen molar-refractivity contribution in [2.24, 2.45) is 0 Å². The minimum atomic E-state index is -0.401. The van der Waals surface area contributed by atoms with E-state index in [1.807, 2.05) is 18.7 Å². The first-order valence-corrected chi connectivity index (χ1v) is 4.93. The van der Waals surface area contributed by atoms with Crippen LogP contribution in [0.5, 0.6) is 0 Å². The number of carbonyl (C=O) groups is 1. The fourth-order valence-electron chi connectivity index (χ4n) is 1.91. The summed E-state index contributed by atoms with van der Waals surface area (Å²) in [7, 11) is 0. The summed E-state index contributed by atoms with van der Waals surface area (Å²) in [5, 5.41) is 3.30. The molecule has 1 heterocycles. The van der Waals surface area contributed by atoms with E-state index in [1.165, 1.54) is 0 Å². The standard InChI is InChI=1S/C10H20N2O/c1-7(2)12-6-8(3)11-10(4,5)9(12)13/h7-8,11H,6H2,1-5H3. The molecular formula is C10H20N2O. The van der Waals surface area contributed by atoms with Crippen LogP contribution < -0.4 is 5.32 Å². The molecule has 76 valence electrons. The Balaban J connectivity index is 2.82. The molecule has 0 bridgehead atoms. The third kappa shape index (κ3) is 2.02. The van der Waals surface area contributed by atoms with Gasteiger partial charge in [0.1, 0.15) is 0 Å². The highest BCUT2D eigenvalue weighted by atomic mass is 16.2. The lowest BCUT2D eigenvalue weighted by atomic mass is 9.97. The summed E-state index contributed by atoms with van der Waals surface area (Å²) in [4.78, 5) is 13.8. The number of nitrogens with one attached hydrogen (secondary N) is 1. The molecule has 1 rings (SSSR count). The maximum Gasteiger partial charge on any atom is 0.242 e. The van der Waals surface area contributed by atoms with E-state index in [-0.39, 0.29) is 5.91 Å². The van der Waals surface area contributed by atoms with Crippen molar-refractivity contribution in [2.75, 3.05) is 6.54 Å². The van der Waals surface area contributed by atoms with Crippen LogP contribution in [0.25, 0.3) is 0 Å². The lowest BCUT2D eigenvalue weighted by Gasteiger charge is -2.43. The number of rotatable bonds is 1. The Labute approximate surface area is 80.5 Å². The van der Waals surface area contributed by atoms with Gasteiger partial charge in [-0.25, -0.2) is 0 Å².